The number of hydrogen-bond donors (Lipinski definition) is 1. The summed E-state index contributed by atoms with van der Waals surface area (Å²) in [6.07, 6.45) is 1.62. The number of rotatable bonds is 4. The van der Waals surface area contributed by atoms with E-state index in [0.29, 0.717) is 18.2 Å². The summed E-state index contributed by atoms with van der Waals surface area (Å²) >= 11 is 0. The Labute approximate surface area is 107 Å². The molecule has 92 valence electrons. The van der Waals surface area contributed by atoms with Gasteiger partial charge in [-0.05, 0) is 23.6 Å². The van der Waals surface area contributed by atoms with Gasteiger partial charge >= 0.3 is 0 Å². The van der Waals surface area contributed by atoms with Crippen LogP contribution in [0.25, 0.3) is 0 Å². The van der Waals surface area contributed by atoms with Crippen LogP contribution in [0.1, 0.15) is 28.9 Å². The van der Waals surface area contributed by atoms with Gasteiger partial charge in [0.25, 0.3) is 5.91 Å². The number of pyridine rings is 1. The molecule has 1 N–H and O–H groups in total. The van der Waals surface area contributed by atoms with Gasteiger partial charge in [-0.25, -0.2) is 0 Å². The van der Waals surface area contributed by atoms with E-state index in [1.165, 1.54) is 5.56 Å². The average molecular weight is 240 g/mol. The second-order valence-corrected chi connectivity index (χ2v) is 4.24. The first-order valence-electron chi connectivity index (χ1n) is 6.01. The minimum atomic E-state index is -0.126. The highest BCUT2D eigenvalue weighted by Gasteiger charge is 2.09. The molecular formula is C15H16N2O. The normalized spacial score (nSPS) is 11.8. The summed E-state index contributed by atoms with van der Waals surface area (Å²) in [7, 11) is 0. The third-order valence-electron chi connectivity index (χ3n) is 2.83. The van der Waals surface area contributed by atoms with Crippen molar-refractivity contribution in [3.8, 4) is 0 Å². The predicted octanol–water partition coefficient (Wildman–Crippen LogP) is 2.62. The van der Waals surface area contributed by atoms with Gasteiger partial charge < -0.3 is 5.32 Å². The van der Waals surface area contributed by atoms with E-state index in [1.54, 1.807) is 18.3 Å². The quantitative estimate of drug-likeness (QED) is 0.892. The molecule has 18 heavy (non-hydrogen) atoms. The monoisotopic (exact) mass is 240 g/mol. The zero-order chi connectivity index (χ0) is 12.8. The van der Waals surface area contributed by atoms with Crippen molar-refractivity contribution in [1.29, 1.82) is 0 Å². The number of benzene rings is 1. The van der Waals surface area contributed by atoms with Crippen LogP contribution >= 0.6 is 0 Å². The molecule has 2 rings (SSSR count). The molecule has 1 aromatic carbocycles. The van der Waals surface area contributed by atoms with Crippen molar-refractivity contribution in [3.05, 3.63) is 66.0 Å². The number of carbonyl (C=O) groups excluding carboxylic acids is 1. The Morgan fingerprint density at radius 3 is 2.56 bits per heavy atom. The molecule has 0 aliphatic rings. The Bertz CT molecular complexity index is 496. The van der Waals surface area contributed by atoms with E-state index in [-0.39, 0.29) is 5.91 Å². The van der Waals surface area contributed by atoms with Gasteiger partial charge in [-0.3, -0.25) is 9.78 Å². The van der Waals surface area contributed by atoms with E-state index in [0.717, 1.165) is 0 Å². The van der Waals surface area contributed by atoms with E-state index in [9.17, 15) is 4.79 Å². The largest absolute Gasteiger partial charge is 0.350 e. The Hall–Kier alpha value is -2.16. The molecule has 0 aliphatic carbocycles. The van der Waals surface area contributed by atoms with Gasteiger partial charge in [-0.1, -0.05) is 43.3 Å². The summed E-state index contributed by atoms with van der Waals surface area (Å²) in [5, 5.41) is 2.90. The van der Waals surface area contributed by atoms with Gasteiger partial charge in [0.05, 0.1) is 0 Å². The maximum Gasteiger partial charge on any atom is 0.269 e. The first-order chi connectivity index (χ1) is 8.77. The fourth-order valence-corrected chi connectivity index (χ4v) is 1.73. The van der Waals surface area contributed by atoms with Crippen LogP contribution in [0.4, 0.5) is 0 Å². The van der Waals surface area contributed by atoms with E-state index in [1.807, 2.05) is 24.3 Å². The molecule has 0 bridgehead atoms. The highest BCUT2D eigenvalue weighted by atomic mass is 16.1. The van der Waals surface area contributed by atoms with Crippen LogP contribution in [-0.4, -0.2) is 17.4 Å². The van der Waals surface area contributed by atoms with Crippen molar-refractivity contribution in [2.75, 3.05) is 6.54 Å². The van der Waals surface area contributed by atoms with E-state index < -0.39 is 0 Å². The molecule has 1 heterocycles. The van der Waals surface area contributed by atoms with Gasteiger partial charge in [-0.15, -0.1) is 0 Å². The first-order valence-corrected chi connectivity index (χ1v) is 6.01. The van der Waals surface area contributed by atoms with Crippen LogP contribution in [0.3, 0.4) is 0 Å². The maximum atomic E-state index is 11.8. The standard InChI is InChI=1S/C15H16N2O/c1-12(13-7-3-2-4-8-13)11-17-15(18)14-9-5-6-10-16-14/h2-10,12H,11H2,1H3,(H,17,18)/t12-/m0/s1. The molecule has 3 nitrogen and oxygen atoms in total. The van der Waals surface area contributed by atoms with Crippen molar-refractivity contribution >= 4 is 5.91 Å². The minimum Gasteiger partial charge on any atom is -0.350 e. The second-order valence-electron chi connectivity index (χ2n) is 4.24. The molecule has 1 atom stereocenters. The molecule has 1 aromatic heterocycles. The van der Waals surface area contributed by atoms with E-state index in [4.69, 9.17) is 0 Å². The van der Waals surface area contributed by atoms with E-state index in [2.05, 4.69) is 29.4 Å². The number of nitrogens with one attached hydrogen (secondary N) is 1. The fourth-order valence-electron chi connectivity index (χ4n) is 1.73. The van der Waals surface area contributed by atoms with Gasteiger partial charge in [0, 0.05) is 12.7 Å². The van der Waals surface area contributed by atoms with E-state index >= 15 is 0 Å². The molecule has 0 spiro atoms. The molecule has 0 unspecified atom stereocenters. The second kappa shape index (κ2) is 5.96. The Morgan fingerprint density at radius 2 is 1.89 bits per heavy atom. The van der Waals surface area contributed by atoms with Crippen molar-refractivity contribution < 1.29 is 4.79 Å². The zero-order valence-corrected chi connectivity index (χ0v) is 10.3. The molecule has 0 saturated heterocycles. The molecule has 0 aliphatic heterocycles. The lowest BCUT2D eigenvalue weighted by atomic mass is 10.0. The first kappa shape index (κ1) is 12.3. The molecule has 2 aromatic rings. The van der Waals surface area contributed by atoms with Gasteiger partial charge in [0.2, 0.25) is 0 Å². The topological polar surface area (TPSA) is 42.0 Å². The number of hydrogen-bond acceptors (Lipinski definition) is 2. The molecule has 0 saturated carbocycles. The fraction of sp³-hybridized carbons (Fsp3) is 0.200. The molecular weight excluding hydrogens is 224 g/mol. The molecule has 0 radical (unpaired) electrons. The van der Waals surface area contributed by atoms with Crippen molar-refractivity contribution in [1.82, 2.24) is 10.3 Å². The number of nitrogens with zero attached hydrogens (tertiary/aromatic N) is 1. The highest BCUT2D eigenvalue weighted by Crippen LogP contribution is 2.13. The van der Waals surface area contributed by atoms with Crippen LogP contribution in [0, 0.1) is 0 Å². The van der Waals surface area contributed by atoms with Crippen LogP contribution < -0.4 is 5.32 Å². The summed E-state index contributed by atoms with van der Waals surface area (Å²) in [5.74, 6) is 0.164. The predicted molar refractivity (Wildman–Crippen MR) is 71.4 cm³/mol. The van der Waals surface area contributed by atoms with Gasteiger partial charge in [-0.2, -0.15) is 0 Å². The van der Waals surface area contributed by atoms with Crippen LogP contribution in [-0.2, 0) is 0 Å². The lowest BCUT2D eigenvalue weighted by molar-refractivity contribution is 0.0946. The number of aromatic nitrogens is 1. The summed E-state index contributed by atoms with van der Waals surface area (Å²) in [4.78, 5) is 15.8. The smallest absolute Gasteiger partial charge is 0.269 e. The zero-order valence-electron chi connectivity index (χ0n) is 10.3. The van der Waals surface area contributed by atoms with Crippen molar-refractivity contribution in [3.63, 3.8) is 0 Å². The van der Waals surface area contributed by atoms with Crippen molar-refractivity contribution in [2.24, 2.45) is 0 Å². The van der Waals surface area contributed by atoms with Gasteiger partial charge in [0.1, 0.15) is 5.69 Å². The number of carbonyl (C=O) groups is 1. The summed E-state index contributed by atoms with van der Waals surface area (Å²) < 4.78 is 0. The SMILES string of the molecule is C[C@@H](CNC(=O)c1ccccn1)c1ccccc1. The van der Waals surface area contributed by atoms with Crippen LogP contribution in [0.5, 0.6) is 0 Å². The summed E-state index contributed by atoms with van der Waals surface area (Å²) in [6, 6.07) is 15.4. The lowest BCUT2D eigenvalue weighted by Gasteiger charge is -2.12. The molecule has 0 fully saturated rings. The molecule has 3 heteroatoms. The van der Waals surface area contributed by atoms with Crippen molar-refractivity contribution in [2.45, 2.75) is 12.8 Å². The third-order valence-corrected chi connectivity index (χ3v) is 2.83. The minimum absolute atomic E-state index is 0.126. The lowest BCUT2D eigenvalue weighted by Crippen LogP contribution is -2.28. The summed E-state index contributed by atoms with van der Waals surface area (Å²) in [6.45, 7) is 2.70. The number of amides is 1. The Kier molecular flexibility index (Phi) is 4.07. The van der Waals surface area contributed by atoms with Crippen LogP contribution in [0.15, 0.2) is 54.7 Å². The maximum absolute atomic E-state index is 11.8. The average Bonchev–Trinajstić information content (AvgIpc) is 2.46. The van der Waals surface area contributed by atoms with Gasteiger partial charge in [0.15, 0.2) is 0 Å². The Balaban J connectivity index is 1.91. The highest BCUT2D eigenvalue weighted by molar-refractivity contribution is 5.92. The summed E-state index contributed by atoms with van der Waals surface area (Å²) in [5.41, 5.74) is 1.68. The van der Waals surface area contributed by atoms with Crippen LogP contribution in [0.2, 0.25) is 0 Å². The Morgan fingerprint density at radius 1 is 1.17 bits per heavy atom. The third kappa shape index (κ3) is 3.17. The molecule has 1 amide bonds.